The maximum absolute atomic E-state index is 10.9. The lowest BCUT2D eigenvalue weighted by Crippen LogP contribution is -2.17. The van der Waals surface area contributed by atoms with Crippen LogP contribution in [0.1, 0.15) is 54.0 Å². The number of amides is 1. The predicted molar refractivity (Wildman–Crippen MR) is 97.0 cm³/mol. The van der Waals surface area contributed by atoms with E-state index in [-0.39, 0.29) is 6.42 Å². The molecular weight excluding hydrogens is 314 g/mol. The van der Waals surface area contributed by atoms with Crippen molar-refractivity contribution in [3.8, 4) is 11.8 Å². The molecule has 0 aliphatic heterocycles. The number of rotatable bonds is 6. The summed E-state index contributed by atoms with van der Waals surface area (Å²) >= 11 is 0. The van der Waals surface area contributed by atoms with Crippen LogP contribution in [0.3, 0.4) is 0 Å². The third kappa shape index (κ3) is 6.42. The highest BCUT2D eigenvalue weighted by Crippen LogP contribution is 2.20. The number of carbonyl (C=O) groups is 1. The van der Waals surface area contributed by atoms with Crippen LogP contribution in [-0.4, -0.2) is 16.2 Å². The van der Waals surface area contributed by atoms with Crippen LogP contribution in [-0.2, 0) is 4.79 Å². The van der Waals surface area contributed by atoms with Gasteiger partial charge in [0.1, 0.15) is 0 Å². The van der Waals surface area contributed by atoms with E-state index in [1.165, 1.54) is 5.56 Å². The first-order chi connectivity index (χ1) is 12.1. The average Bonchev–Trinajstić information content (AvgIpc) is 2.64. The van der Waals surface area contributed by atoms with E-state index >= 15 is 0 Å². The first kappa shape index (κ1) is 18.7. The van der Waals surface area contributed by atoms with Crippen LogP contribution in [0.4, 0.5) is 0 Å². The summed E-state index contributed by atoms with van der Waals surface area (Å²) in [5.41, 5.74) is 5.53. The standard InChI is InChI=1S/C21H23NO3/c1-16-6-8-17(9-7-16)10-11-18-12-14-19(15-13-18)20(23)4-2-3-5-21(24)22-25/h6-9,12-15,20,23,25H,2-5H2,1H3,(H,22,24). The molecule has 4 heteroatoms. The van der Waals surface area contributed by atoms with Gasteiger partial charge in [0, 0.05) is 17.5 Å². The Hall–Kier alpha value is -2.61. The number of aliphatic hydroxyl groups excluding tert-OH is 1. The second-order valence-corrected chi connectivity index (χ2v) is 6.03. The van der Waals surface area contributed by atoms with Gasteiger partial charge in [0.05, 0.1) is 6.10 Å². The first-order valence-electron chi connectivity index (χ1n) is 8.38. The summed E-state index contributed by atoms with van der Waals surface area (Å²) in [6.07, 6.45) is 1.62. The molecule has 0 fully saturated rings. The van der Waals surface area contributed by atoms with E-state index in [4.69, 9.17) is 5.21 Å². The van der Waals surface area contributed by atoms with Crippen LogP contribution < -0.4 is 5.48 Å². The van der Waals surface area contributed by atoms with Crippen LogP contribution in [0.15, 0.2) is 48.5 Å². The van der Waals surface area contributed by atoms with Crippen LogP contribution in [0.25, 0.3) is 0 Å². The van der Waals surface area contributed by atoms with Gasteiger partial charge in [-0.2, -0.15) is 0 Å². The highest BCUT2D eigenvalue weighted by atomic mass is 16.5. The van der Waals surface area contributed by atoms with Gasteiger partial charge in [-0.25, -0.2) is 5.48 Å². The van der Waals surface area contributed by atoms with Crippen molar-refractivity contribution >= 4 is 5.91 Å². The van der Waals surface area contributed by atoms with Crippen molar-refractivity contribution in [2.45, 2.75) is 38.7 Å². The van der Waals surface area contributed by atoms with E-state index in [0.717, 1.165) is 16.7 Å². The van der Waals surface area contributed by atoms with Crippen molar-refractivity contribution in [1.29, 1.82) is 0 Å². The number of aryl methyl sites for hydroxylation is 1. The lowest BCUT2D eigenvalue weighted by molar-refractivity contribution is -0.129. The van der Waals surface area contributed by atoms with Crippen molar-refractivity contribution in [1.82, 2.24) is 5.48 Å². The molecule has 0 aromatic heterocycles. The van der Waals surface area contributed by atoms with E-state index in [0.29, 0.717) is 19.3 Å². The monoisotopic (exact) mass is 337 g/mol. The Labute approximate surface area is 148 Å². The molecule has 0 radical (unpaired) electrons. The van der Waals surface area contributed by atoms with E-state index < -0.39 is 12.0 Å². The van der Waals surface area contributed by atoms with Gasteiger partial charge in [0.2, 0.25) is 5.91 Å². The van der Waals surface area contributed by atoms with Crippen molar-refractivity contribution in [3.05, 3.63) is 70.8 Å². The average molecular weight is 337 g/mol. The Balaban J connectivity index is 1.86. The fourth-order valence-electron chi connectivity index (χ4n) is 2.42. The minimum atomic E-state index is -0.559. The third-order valence-corrected chi connectivity index (χ3v) is 3.95. The summed E-state index contributed by atoms with van der Waals surface area (Å²) in [6.45, 7) is 2.04. The maximum Gasteiger partial charge on any atom is 0.243 e. The van der Waals surface area contributed by atoms with E-state index in [1.807, 2.05) is 55.5 Å². The fraction of sp³-hybridized carbons (Fsp3) is 0.286. The topological polar surface area (TPSA) is 69.6 Å². The molecule has 0 spiro atoms. The quantitative estimate of drug-likeness (QED) is 0.327. The van der Waals surface area contributed by atoms with E-state index in [9.17, 15) is 9.90 Å². The lowest BCUT2D eigenvalue weighted by Gasteiger charge is -2.10. The zero-order valence-electron chi connectivity index (χ0n) is 14.3. The van der Waals surface area contributed by atoms with Gasteiger partial charge in [-0.05, 0) is 49.6 Å². The second kappa shape index (κ2) is 9.63. The SMILES string of the molecule is Cc1ccc(C#Cc2ccc(C(O)CCCCC(=O)NO)cc2)cc1. The minimum absolute atomic E-state index is 0.261. The van der Waals surface area contributed by atoms with E-state index in [1.54, 1.807) is 5.48 Å². The van der Waals surface area contributed by atoms with Crippen LogP contribution >= 0.6 is 0 Å². The molecule has 2 aromatic rings. The van der Waals surface area contributed by atoms with Gasteiger partial charge in [-0.15, -0.1) is 0 Å². The minimum Gasteiger partial charge on any atom is -0.388 e. The summed E-state index contributed by atoms with van der Waals surface area (Å²) in [5.74, 6) is 5.84. The van der Waals surface area contributed by atoms with Gasteiger partial charge < -0.3 is 5.11 Å². The molecule has 130 valence electrons. The summed E-state index contributed by atoms with van der Waals surface area (Å²) in [6, 6.07) is 15.6. The number of hydroxylamine groups is 1. The predicted octanol–water partition coefficient (Wildman–Crippen LogP) is 3.49. The van der Waals surface area contributed by atoms with Gasteiger partial charge in [-0.3, -0.25) is 10.0 Å². The third-order valence-electron chi connectivity index (χ3n) is 3.95. The molecule has 1 amide bonds. The van der Waals surface area contributed by atoms with Crippen LogP contribution in [0.2, 0.25) is 0 Å². The smallest absolute Gasteiger partial charge is 0.243 e. The normalized spacial score (nSPS) is 11.3. The molecule has 0 saturated carbocycles. The number of aliphatic hydroxyl groups is 1. The summed E-state index contributed by atoms with van der Waals surface area (Å²) in [5, 5.41) is 18.6. The van der Waals surface area contributed by atoms with Crippen LogP contribution in [0.5, 0.6) is 0 Å². The Kier molecular flexibility index (Phi) is 7.21. The number of hydrogen-bond donors (Lipinski definition) is 3. The molecule has 0 aliphatic rings. The molecule has 1 atom stereocenters. The summed E-state index contributed by atoms with van der Waals surface area (Å²) in [7, 11) is 0. The molecule has 1 unspecified atom stereocenters. The molecular formula is C21H23NO3. The first-order valence-corrected chi connectivity index (χ1v) is 8.38. The van der Waals surface area contributed by atoms with Crippen molar-refractivity contribution in [3.63, 3.8) is 0 Å². The second-order valence-electron chi connectivity index (χ2n) is 6.03. The number of unbranched alkanes of at least 4 members (excludes halogenated alkanes) is 1. The molecule has 0 bridgehead atoms. The molecule has 4 nitrogen and oxygen atoms in total. The zero-order valence-corrected chi connectivity index (χ0v) is 14.3. The zero-order chi connectivity index (χ0) is 18.1. The molecule has 25 heavy (non-hydrogen) atoms. The van der Waals surface area contributed by atoms with E-state index in [2.05, 4.69) is 11.8 Å². The number of benzene rings is 2. The molecule has 3 N–H and O–H groups in total. The largest absolute Gasteiger partial charge is 0.388 e. The molecule has 0 saturated heterocycles. The van der Waals surface area contributed by atoms with Gasteiger partial charge in [-0.1, -0.05) is 48.1 Å². The van der Waals surface area contributed by atoms with Gasteiger partial charge in [0.25, 0.3) is 0 Å². The molecule has 0 aliphatic carbocycles. The number of nitrogens with one attached hydrogen (secondary N) is 1. The Morgan fingerprint density at radius 2 is 1.56 bits per heavy atom. The van der Waals surface area contributed by atoms with Gasteiger partial charge in [0.15, 0.2) is 0 Å². The summed E-state index contributed by atoms with van der Waals surface area (Å²) in [4.78, 5) is 10.9. The van der Waals surface area contributed by atoms with Crippen LogP contribution in [0, 0.1) is 18.8 Å². The lowest BCUT2D eigenvalue weighted by atomic mass is 10.0. The molecule has 0 heterocycles. The highest BCUT2D eigenvalue weighted by Gasteiger charge is 2.07. The Morgan fingerprint density at radius 1 is 1.00 bits per heavy atom. The molecule has 2 rings (SSSR count). The Morgan fingerprint density at radius 3 is 2.12 bits per heavy atom. The number of hydrogen-bond acceptors (Lipinski definition) is 3. The van der Waals surface area contributed by atoms with Crippen molar-refractivity contribution in [2.24, 2.45) is 0 Å². The van der Waals surface area contributed by atoms with Crippen molar-refractivity contribution < 1.29 is 15.1 Å². The maximum atomic E-state index is 10.9. The van der Waals surface area contributed by atoms with Crippen molar-refractivity contribution in [2.75, 3.05) is 0 Å². The number of carbonyl (C=O) groups excluding carboxylic acids is 1. The Bertz CT molecular complexity index is 739. The fourth-order valence-corrected chi connectivity index (χ4v) is 2.42. The summed E-state index contributed by atoms with van der Waals surface area (Å²) < 4.78 is 0. The molecule has 2 aromatic carbocycles. The van der Waals surface area contributed by atoms with Gasteiger partial charge >= 0.3 is 0 Å². The highest BCUT2D eigenvalue weighted by molar-refractivity contribution is 5.74.